The first-order chi connectivity index (χ1) is 11.2. The molecular weight excluding hydrogens is 310 g/mol. The quantitative estimate of drug-likeness (QED) is 0.783. The van der Waals surface area contributed by atoms with Gasteiger partial charge in [-0.1, -0.05) is 12.1 Å². The van der Waals surface area contributed by atoms with E-state index in [1.54, 1.807) is 42.6 Å². The van der Waals surface area contributed by atoms with E-state index >= 15 is 0 Å². The Bertz CT molecular complexity index is 805. The molecule has 0 bridgehead atoms. The zero-order valence-corrected chi connectivity index (χ0v) is 13.8. The lowest BCUT2D eigenvalue weighted by Crippen LogP contribution is -2.21. The van der Waals surface area contributed by atoms with Crippen molar-refractivity contribution in [2.75, 3.05) is 7.11 Å². The number of hydrogen-bond acceptors (Lipinski definition) is 4. The van der Waals surface area contributed by atoms with Gasteiger partial charge in [-0.15, -0.1) is 11.3 Å². The number of thiophene rings is 1. The number of ether oxygens (including phenoxy) is 1. The molecule has 2 aromatic heterocycles. The Morgan fingerprint density at radius 3 is 2.74 bits per heavy atom. The van der Waals surface area contributed by atoms with E-state index in [-0.39, 0.29) is 5.91 Å². The zero-order valence-electron chi connectivity index (χ0n) is 12.9. The summed E-state index contributed by atoms with van der Waals surface area (Å²) >= 11 is 1.63. The van der Waals surface area contributed by atoms with Gasteiger partial charge in [-0.2, -0.15) is 5.10 Å². The molecule has 118 valence electrons. The van der Waals surface area contributed by atoms with Crippen LogP contribution in [0, 0.1) is 0 Å². The van der Waals surface area contributed by atoms with Crippen LogP contribution in [0.3, 0.4) is 0 Å². The van der Waals surface area contributed by atoms with Gasteiger partial charge in [0, 0.05) is 18.1 Å². The second kappa shape index (κ2) is 6.66. The molecule has 2 heterocycles. The van der Waals surface area contributed by atoms with Gasteiger partial charge in [0.05, 0.1) is 25.4 Å². The Kier molecular flexibility index (Phi) is 4.43. The van der Waals surface area contributed by atoms with E-state index in [0.29, 0.717) is 12.1 Å². The molecule has 0 radical (unpaired) electrons. The van der Waals surface area contributed by atoms with Gasteiger partial charge in [0.1, 0.15) is 5.75 Å². The van der Waals surface area contributed by atoms with E-state index in [1.807, 2.05) is 24.3 Å². The van der Waals surface area contributed by atoms with Crippen LogP contribution in [0.1, 0.15) is 15.2 Å². The molecule has 1 aromatic carbocycles. The summed E-state index contributed by atoms with van der Waals surface area (Å²) in [5.74, 6) is 0.727. The molecule has 0 unspecified atom stereocenters. The predicted molar refractivity (Wildman–Crippen MR) is 90.7 cm³/mol. The van der Waals surface area contributed by atoms with Crippen LogP contribution in [0.4, 0.5) is 0 Å². The first-order valence-corrected chi connectivity index (χ1v) is 8.02. The Balaban J connectivity index is 1.63. The van der Waals surface area contributed by atoms with Crippen molar-refractivity contribution in [3.05, 3.63) is 58.5 Å². The molecule has 23 heavy (non-hydrogen) atoms. The number of amides is 1. The molecule has 0 saturated heterocycles. The molecule has 6 heteroatoms. The van der Waals surface area contributed by atoms with Crippen molar-refractivity contribution in [1.29, 1.82) is 0 Å². The molecule has 0 atom stereocenters. The van der Waals surface area contributed by atoms with Gasteiger partial charge in [-0.05, 0) is 34.7 Å². The largest absolute Gasteiger partial charge is 0.497 e. The van der Waals surface area contributed by atoms with Crippen molar-refractivity contribution >= 4 is 17.2 Å². The molecule has 0 saturated carbocycles. The standard InChI is InChI=1S/C17H17N3O2S/c1-20-10-14(8-19-20)17(21)18-9-16-7-13(11-23-16)12-3-5-15(22-2)6-4-12/h3-8,10-11H,9H2,1-2H3,(H,18,21). The Hall–Kier alpha value is -2.60. The fourth-order valence-electron chi connectivity index (χ4n) is 2.22. The molecule has 3 aromatic rings. The minimum atomic E-state index is -0.113. The molecule has 0 aliphatic rings. The van der Waals surface area contributed by atoms with Crippen molar-refractivity contribution in [1.82, 2.24) is 15.1 Å². The second-order valence-corrected chi connectivity index (χ2v) is 6.11. The van der Waals surface area contributed by atoms with Gasteiger partial charge in [-0.25, -0.2) is 0 Å². The van der Waals surface area contributed by atoms with Crippen LogP contribution < -0.4 is 10.1 Å². The Morgan fingerprint density at radius 2 is 2.09 bits per heavy atom. The second-order valence-electron chi connectivity index (χ2n) is 5.12. The molecule has 3 rings (SSSR count). The first kappa shape index (κ1) is 15.3. The van der Waals surface area contributed by atoms with E-state index in [2.05, 4.69) is 21.9 Å². The molecular formula is C17H17N3O2S. The molecule has 0 aliphatic heterocycles. The molecule has 0 spiro atoms. The summed E-state index contributed by atoms with van der Waals surface area (Å²) in [6.07, 6.45) is 3.26. The van der Waals surface area contributed by atoms with Gasteiger partial charge in [0.25, 0.3) is 5.91 Å². The number of methoxy groups -OCH3 is 1. The Labute approximate surface area is 138 Å². The summed E-state index contributed by atoms with van der Waals surface area (Å²) in [5, 5.41) is 9.00. The topological polar surface area (TPSA) is 56.1 Å². The molecule has 1 N–H and O–H groups in total. The van der Waals surface area contributed by atoms with E-state index in [1.165, 1.54) is 0 Å². The van der Waals surface area contributed by atoms with Crippen LogP contribution in [0.5, 0.6) is 5.75 Å². The van der Waals surface area contributed by atoms with Crippen LogP contribution in [0.15, 0.2) is 48.1 Å². The van der Waals surface area contributed by atoms with Gasteiger partial charge in [0.15, 0.2) is 0 Å². The summed E-state index contributed by atoms with van der Waals surface area (Å²) in [4.78, 5) is 13.1. The van der Waals surface area contributed by atoms with E-state index in [0.717, 1.165) is 21.8 Å². The van der Waals surface area contributed by atoms with Crippen LogP contribution in [0.25, 0.3) is 11.1 Å². The predicted octanol–water partition coefficient (Wildman–Crippen LogP) is 3.09. The number of carbonyl (C=O) groups is 1. The zero-order chi connectivity index (χ0) is 16.2. The minimum absolute atomic E-state index is 0.113. The van der Waals surface area contributed by atoms with Crippen LogP contribution >= 0.6 is 11.3 Å². The smallest absolute Gasteiger partial charge is 0.254 e. The highest BCUT2D eigenvalue weighted by Crippen LogP contribution is 2.27. The molecule has 1 amide bonds. The highest BCUT2D eigenvalue weighted by molar-refractivity contribution is 7.10. The number of nitrogens with zero attached hydrogens (tertiary/aromatic N) is 2. The third kappa shape index (κ3) is 3.60. The van der Waals surface area contributed by atoms with Crippen molar-refractivity contribution in [3.8, 4) is 16.9 Å². The number of aromatic nitrogens is 2. The summed E-state index contributed by atoms with van der Waals surface area (Å²) in [6.45, 7) is 0.508. The maximum atomic E-state index is 12.0. The molecule has 5 nitrogen and oxygen atoms in total. The van der Waals surface area contributed by atoms with Gasteiger partial charge >= 0.3 is 0 Å². The van der Waals surface area contributed by atoms with Crippen molar-refractivity contribution < 1.29 is 9.53 Å². The summed E-state index contributed by atoms with van der Waals surface area (Å²) in [7, 11) is 3.44. The third-order valence-corrected chi connectivity index (χ3v) is 4.40. The number of rotatable bonds is 5. The minimum Gasteiger partial charge on any atom is -0.497 e. The van der Waals surface area contributed by atoms with Crippen molar-refractivity contribution in [2.45, 2.75) is 6.54 Å². The maximum Gasteiger partial charge on any atom is 0.254 e. The summed E-state index contributed by atoms with van der Waals surface area (Å²) in [5.41, 5.74) is 2.84. The monoisotopic (exact) mass is 327 g/mol. The highest BCUT2D eigenvalue weighted by atomic mass is 32.1. The lowest BCUT2D eigenvalue weighted by atomic mass is 10.1. The van der Waals surface area contributed by atoms with E-state index in [4.69, 9.17) is 4.74 Å². The maximum absolute atomic E-state index is 12.0. The first-order valence-electron chi connectivity index (χ1n) is 7.14. The number of nitrogens with one attached hydrogen (secondary N) is 1. The highest BCUT2D eigenvalue weighted by Gasteiger charge is 2.08. The summed E-state index contributed by atoms with van der Waals surface area (Å²) < 4.78 is 6.78. The number of aryl methyl sites for hydroxylation is 1. The van der Waals surface area contributed by atoms with Crippen LogP contribution in [-0.4, -0.2) is 22.8 Å². The molecule has 0 aliphatic carbocycles. The summed E-state index contributed by atoms with van der Waals surface area (Å²) in [6, 6.07) is 10.0. The van der Waals surface area contributed by atoms with Gasteiger partial charge in [0.2, 0.25) is 0 Å². The van der Waals surface area contributed by atoms with Gasteiger partial charge < -0.3 is 10.1 Å². The number of hydrogen-bond donors (Lipinski definition) is 1. The van der Waals surface area contributed by atoms with E-state index in [9.17, 15) is 4.79 Å². The normalized spacial score (nSPS) is 10.5. The number of benzene rings is 1. The lowest BCUT2D eigenvalue weighted by molar-refractivity contribution is 0.0951. The Morgan fingerprint density at radius 1 is 1.30 bits per heavy atom. The van der Waals surface area contributed by atoms with Crippen molar-refractivity contribution in [2.24, 2.45) is 7.05 Å². The van der Waals surface area contributed by atoms with Gasteiger partial charge in [-0.3, -0.25) is 9.48 Å². The fraction of sp³-hybridized carbons (Fsp3) is 0.176. The lowest BCUT2D eigenvalue weighted by Gasteiger charge is -2.02. The van der Waals surface area contributed by atoms with Crippen LogP contribution in [-0.2, 0) is 13.6 Å². The van der Waals surface area contributed by atoms with Crippen LogP contribution in [0.2, 0.25) is 0 Å². The van der Waals surface area contributed by atoms with Crippen molar-refractivity contribution in [3.63, 3.8) is 0 Å². The molecule has 0 fully saturated rings. The average molecular weight is 327 g/mol. The van der Waals surface area contributed by atoms with E-state index < -0.39 is 0 Å². The average Bonchev–Trinajstić information content (AvgIpc) is 3.22. The third-order valence-electron chi connectivity index (χ3n) is 3.47. The fourth-order valence-corrected chi connectivity index (χ4v) is 3.05. The number of carbonyl (C=O) groups excluding carboxylic acids is 1. The SMILES string of the molecule is COc1ccc(-c2csc(CNC(=O)c3cnn(C)c3)c2)cc1.